The Labute approximate surface area is 86.0 Å². The van der Waals surface area contributed by atoms with Gasteiger partial charge in [0.25, 0.3) is 0 Å². The van der Waals surface area contributed by atoms with Crippen molar-refractivity contribution in [1.82, 2.24) is 0 Å². The van der Waals surface area contributed by atoms with Crippen molar-refractivity contribution < 1.29 is 5.11 Å². The van der Waals surface area contributed by atoms with Crippen LogP contribution in [0.5, 0.6) is 5.06 Å². The molecule has 0 aliphatic rings. The van der Waals surface area contributed by atoms with Gasteiger partial charge in [-0.2, -0.15) is 5.26 Å². The van der Waals surface area contributed by atoms with Crippen LogP contribution in [0, 0.1) is 18.3 Å². The lowest BCUT2D eigenvalue weighted by atomic mass is 10.1. The highest BCUT2D eigenvalue weighted by molar-refractivity contribution is 7.21. The molecule has 0 saturated heterocycles. The Balaban J connectivity index is 2.76. The molecule has 1 heterocycles. The third-order valence-electron chi connectivity index (χ3n) is 2.29. The van der Waals surface area contributed by atoms with E-state index < -0.39 is 0 Å². The second-order valence-electron chi connectivity index (χ2n) is 3.16. The number of rotatable bonds is 1. The molecule has 1 N–H and O–H groups in total. The average Bonchev–Trinajstić information content (AvgIpc) is 2.46. The number of fused-ring (bicyclic) bond motifs is 1. The summed E-state index contributed by atoms with van der Waals surface area (Å²) < 4.78 is 1.03. The summed E-state index contributed by atoms with van der Waals surface area (Å²) in [7, 11) is 0. The van der Waals surface area contributed by atoms with E-state index in [4.69, 9.17) is 5.26 Å². The van der Waals surface area contributed by atoms with Crippen molar-refractivity contribution in [2.75, 3.05) is 0 Å². The van der Waals surface area contributed by atoms with Crippen LogP contribution in [-0.2, 0) is 6.42 Å². The van der Waals surface area contributed by atoms with Gasteiger partial charge >= 0.3 is 0 Å². The van der Waals surface area contributed by atoms with Crippen molar-refractivity contribution in [2.45, 2.75) is 13.3 Å². The maximum absolute atomic E-state index is 9.57. The van der Waals surface area contributed by atoms with Crippen LogP contribution in [-0.4, -0.2) is 5.11 Å². The van der Waals surface area contributed by atoms with Crippen molar-refractivity contribution >= 4 is 21.4 Å². The molecule has 0 aliphatic heterocycles. The van der Waals surface area contributed by atoms with Gasteiger partial charge in [0, 0.05) is 10.3 Å². The van der Waals surface area contributed by atoms with Gasteiger partial charge < -0.3 is 5.11 Å². The molecule has 1 aromatic heterocycles. The minimum absolute atomic E-state index is 0.352. The Hall–Kier alpha value is -1.53. The highest BCUT2D eigenvalue weighted by Gasteiger charge is 2.09. The molecule has 0 bridgehead atoms. The van der Waals surface area contributed by atoms with Gasteiger partial charge in [-0.1, -0.05) is 29.5 Å². The van der Waals surface area contributed by atoms with E-state index in [2.05, 4.69) is 6.07 Å². The first kappa shape index (κ1) is 9.04. The highest BCUT2D eigenvalue weighted by Crippen LogP contribution is 2.37. The van der Waals surface area contributed by atoms with Crippen LogP contribution in [0.15, 0.2) is 18.2 Å². The van der Waals surface area contributed by atoms with Crippen molar-refractivity contribution in [3.8, 4) is 11.1 Å². The van der Waals surface area contributed by atoms with E-state index >= 15 is 0 Å². The third kappa shape index (κ3) is 1.24. The summed E-state index contributed by atoms with van der Waals surface area (Å²) in [5.74, 6) is 0. The molecule has 0 fully saturated rings. The molecular formula is C11H9NOS. The maximum atomic E-state index is 9.57. The van der Waals surface area contributed by atoms with Gasteiger partial charge in [-0.25, -0.2) is 0 Å². The van der Waals surface area contributed by atoms with E-state index in [1.54, 1.807) is 0 Å². The van der Waals surface area contributed by atoms with E-state index in [0.29, 0.717) is 11.5 Å². The monoisotopic (exact) mass is 203 g/mol. The van der Waals surface area contributed by atoms with Gasteiger partial charge in [0.05, 0.1) is 12.5 Å². The van der Waals surface area contributed by atoms with Crippen LogP contribution in [0.25, 0.3) is 10.1 Å². The lowest BCUT2D eigenvalue weighted by molar-refractivity contribution is 0.487. The average molecular weight is 203 g/mol. The molecule has 2 rings (SSSR count). The number of hydrogen-bond acceptors (Lipinski definition) is 3. The van der Waals surface area contributed by atoms with Crippen LogP contribution in [0.3, 0.4) is 0 Å². The van der Waals surface area contributed by atoms with Crippen molar-refractivity contribution in [3.05, 3.63) is 29.3 Å². The Morgan fingerprint density at radius 3 is 3.00 bits per heavy atom. The summed E-state index contributed by atoms with van der Waals surface area (Å²) in [5.41, 5.74) is 1.91. The molecule has 0 atom stereocenters. The second-order valence-corrected chi connectivity index (χ2v) is 4.16. The molecule has 1 aromatic carbocycles. The molecule has 3 heteroatoms. The van der Waals surface area contributed by atoms with Gasteiger partial charge in [-0.15, -0.1) is 0 Å². The smallest absolute Gasteiger partial charge is 0.175 e. The van der Waals surface area contributed by atoms with Crippen LogP contribution < -0.4 is 0 Å². The summed E-state index contributed by atoms with van der Waals surface area (Å²) in [5, 5.41) is 19.6. The SMILES string of the molecule is Cc1c(O)sc2c(CC#N)cccc12. The summed E-state index contributed by atoms with van der Waals surface area (Å²) in [6.45, 7) is 1.89. The first-order chi connectivity index (χ1) is 6.74. The summed E-state index contributed by atoms with van der Waals surface area (Å²) in [6.07, 6.45) is 0.400. The fourth-order valence-electron chi connectivity index (χ4n) is 1.51. The molecular weight excluding hydrogens is 194 g/mol. The van der Waals surface area contributed by atoms with Crippen LogP contribution >= 0.6 is 11.3 Å². The normalized spacial score (nSPS) is 10.3. The van der Waals surface area contributed by atoms with Gasteiger partial charge in [-0.3, -0.25) is 0 Å². The Morgan fingerprint density at radius 1 is 1.50 bits per heavy atom. The Bertz CT molecular complexity index is 522. The number of nitrogens with zero attached hydrogens (tertiary/aromatic N) is 1. The van der Waals surface area contributed by atoms with E-state index in [1.165, 1.54) is 11.3 Å². The summed E-state index contributed by atoms with van der Waals surface area (Å²) in [6, 6.07) is 7.96. The predicted octanol–water partition coefficient (Wildman–Crippen LogP) is 2.98. The molecule has 0 amide bonds. The molecule has 0 radical (unpaired) electrons. The minimum atomic E-state index is 0.352. The molecule has 70 valence electrons. The fourth-order valence-corrected chi connectivity index (χ4v) is 2.57. The maximum Gasteiger partial charge on any atom is 0.175 e. The zero-order valence-corrected chi connectivity index (χ0v) is 8.56. The van der Waals surface area contributed by atoms with E-state index in [9.17, 15) is 5.11 Å². The molecule has 2 aromatic rings. The fraction of sp³-hybridized carbons (Fsp3) is 0.182. The van der Waals surface area contributed by atoms with Crippen LogP contribution in [0.2, 0.25) is 0 Å². The zero-order chi connectivity index (χ0) is 10.1. The predicted molar refractivity (Wildman–Crippen MR) is 57.5 cm³/mol. The van der Waals surface area contributed by atoms with Crippen LogP contribution in [0.4, 0.5) is 0 Å². The minimum Gasteiger partial charge on any atom is -0.499 e. The highest BCUT2D eigenvalue weighted by atomic mass is 32.1. The van der Waals surface area contributed by atoms with Crippen LogP contribution in [0.1, 0.15) is 11.1 Å². The number of thiophene rings is 1. The molecule has 2 nitrogen and oxygen atoms in total. The summed E-state index contributed by atoms with van der Waals surface area (Å²) in [4.78, 5) is 0. The van der Waals surface area contributed by atoms with E-state index in [0.717, 1.165) is 21.2 Å². The number of aryl methyl sites for hydroxylation is 1. The van der Waals surface area contributed by atoms with Crippen molar-refractivity contribution in [1.29, 1.82) is 5.26 Å². The van der Waals surface area contributed by atoms with Gasteiger partial charge in [-0.05, 0) is 17.9 Å². The Kier molecular flexibility index (Phi) is 2.14. The molecule has 0 unspecified atom stereocenters. The number of aromatic hydroxyl groups is 1. The largest absolute Gasteiger partial charge is 0.499 e. The standard InChI is InChI=1S/C11H9NOS/c1-7-9-4-2-3-8(5-6-12)10(9)14-11(7)13/h2-4,13H,5H2,1H3. The number of nitriles is 1. The Morgan fingerprint density at radius 2 is 2.29 bits per heavy atom. The van der Waals surface area contributed by atoms with E-state index in [-0.39, 0.29) is 0 Å². The van der Waals surface area contributed by atoms with Gasteiger partial charge in [0.2, 0.25) is 0 Å². The molecule has 0 spiro atoms. The topological polar surface area (TPSA) is 44.0 Å². The molecule has 0 saturated carbocycles. The zero-order valence-electron chi connectivity index (χ0n) is 7.74. The van der Waals surface area contributed by atoms with E-state index in [1.807, 2.05) is 25.1 Å². The first-order valence-corrected chi connectivity index (χ1v) is 5.12. The second kappa shape index (κ2) is 3.32. The molecule has 0 aliphatic carbocycles. The lowest BCUT2D eigenvalue weighted by Gasteiger charge is -1.96. The third-order valence-corrected chi connectivity index (χ3v) is 3.48. The van der Waals surface area contributed by atoms with Gasteiger partial charge in [0.15, 0.2) is 5.06 Å². The van der Waals surface area contributed by atoms with Crippen molar-refractivity contribution in [2.24, 2.45) is 0 Å². The van der Waals surface area contributed by atoms with Gasteiger partial charge in [0.1, 0.15) is 0 Å². The number of hydrogen-bond donors (Lipinski definition) is 1. The summed E-state index contributed by atoms with van der Waals surface area (Å²) >= 11 is 1.35. The first-order valence-electron chi connectivity index (χ1n) is 4.31. The lowest BCUT2D eigenvalue weighted by Crippen LogP contribution is -1.80. The number of benzene rings is 1. The molecule has 14 heavy (non-hydrogen) atoms. The van der Waals surface area contributed by atoms with Crippen molar-refractivity contribution in [3.63, 3.8) is 0 Å². The quantitative estimate of drug-likeness (QED) is 0.774.